The van der Waals surface area contributed by atoms with Crippen molar-refractivity contribution in [1.29, 1.82) is 0 Å². The second-order valence-electron chi connectivity index (χ2n) is 9.87. The number of nitrogens with zero attached hydrogens (tertiary/aromatic N) is 2. The maximum absolute atomic E-state index is 12.2. The fourth-order valence-electron chi connectivity index (χ4n) is 4.99. The number of allylic oxidation sites excluding steroid dienone is 3. The fraction of sp³-hybridized carbons (Fsp3) is 0.400. The molecule has 1 unspecified atom stereocenters. The average molecular weight is 648 g/mol. The number of carbonyl (C=O) groups is 1. The topological polar surface area (TPSA) is 132 Å². The van der Waals surface area contributed by atoms with Crippen LogP contribution in [0.5, 0.6) is 0 Å². The van der Waals surface area contributed by atoms with E-state index in [0.29, 0.717) is 6.42 Å². The summed E-state index contributed by atoms with van der Waals surface area (Å²) in [6, 6.07) is 18.6. The van der Waals surface area contributed by atoms with Crippen molar-refractivity contribution in [2.75, 3.05) is 17.2 Å². The van der Waals surface area contributed by atoms with Crippen LogP contribution < -0.4 is 64.0 Å². The molecule has 0 aromatic heterocycles. The van der Waals surface area contributed by atoms with Gasteiger partial charge in [-0.15, -0.1) is 18.7 Å². The molecule has 222 valence electrons. The summed E-state index contributed by atoms with van der Waals surface area (Å²) in [6.45, 7) is 6.67. The monoisotopic (exact) mass is 647 g/mol. The quantitative estimate of drug-likeness (QED) is 0.0672. The van der Waals surface area contributed by atoms with Gasteiger partial charge < -0.3 is 4.55 Å². The summed E-state index contributed by atoms with van der Waals surface area (Å²) in [5.74, 6) is -0.472. The molecule has 0 saturated carbocycles. The summed E-state index contributed by atoms with van der Waals surface area (Å²) in [5.41, 5.74) is 3.57. The maximum Gasteiger partial charge on any atom is 1.00 e. The molecule has 1 amide bonds. The van der Waals surface area contributed by atoms with E-state index in [1.165, 1.54) is 13.3 Å². The van der Waals surface area contributed by atoms with Crippen LogP contribution in [0.4, 0.5) is 11.4 Å². The minimum Gasteiger partial charge on any atom is -0.748 e. The third kappa shape index (κ3) is 13.6. The number of para-hydroxylation sites is 1. The number of hydrogen-bond donors (Lipinski definition) is 0. The number of rotatable bonds is 13. The first-order valence-corrected chi connectivity index (χ1v) is 16.0. The predicted molar refractivity (Wildman–Crippen MR) is 158 cm³/mol. The Kier molecular flexibility index (Phi) is 19.9. The first-order valence-electron chi connectivity index (χ1n) is 13.5. The number of carbonyl (C=O) groups excluding carboxylic acids is 1. The Morgan fingerprint density at radius 3 is 2.28 bits per heavy atom. The standard InChI is InChI=1S/C30H38N2O4S.2Na.O3S/c1-4-5-6-13-23-32-28-19-11-10-18-27(28)30(3,21-15-24-37(34,35)36)29(32)20-12-14-22-31(25(2)33)26-16-8-7-9-17-26;;;1-4(2)3/h7-9,11-12,14,16-20,22H,4-6,13,15,21,23-24H2,1-3H3,(H,34,35,36);;;/q;2*+1;/p-1. The molecule has 9 nitrogen and oxygen atoms in total. The van der Waals surface area contributed by atoms with Crippen LogP contribution in [-0.2, 0) is 30.9 Å². The minimum absolute atomic E-state index is 0. The van der Waals surface area contributed by atoms with Crippen molar-refractivity contribution in [2.45, 2.75) is 64.7 Å². The summed E-state index contributed by atoms with van der Waals surface area (Å²) in [6.07, 6.45) is 12.9. The molecule has 43 heavy (non-hydrogen) atoms. The van der Waals surface area contributed by atoms with Gasteiger partial charge in [0.15, 0.2) is 5.71 Å². The second kappa shape index (κ2) is 20.6. The van der Waals surface area contributed by atoms with E-state index in [9.17, 15) is 17.8 Å². The van der Waals surface area contributed by atoms with Crippen LogP contribution in [0.25, 0.3) is 0 Å². The first-order chi connectivity index (χ1) is 19.4. The zero-order valence-corrected chi connectivity index (χ0v) is 31.3. The molecule has 3 rings (SSSR count). The van der Waals surface area contributed by atoms with Crippen molar-refractivity contribution in [3.63, 3.8) is 0 Å². The largest absolute Gasteiger partial charge is 1.00 e. The van der Waals surface area contributed by atoms with Crippen molar-refractivity contribution < 1.29 is 94.1 Å². The molecule has 1 aliphatic rings. The molecule has 0 N–H and O–H groups in total. The molecule has 0 fully saturated rings. The van der Waals surface area contributed by atoms with Gasteiger partial charge in [-0.05, 0) is 37.5 Å². The molecule has 0 radical (unpaired) electrons. The molecule has 2 aromatic rings. The number of amides is 1. The van der Waals surface area contributed by atoms with E-state index in [2.05, 4.69) is 30.6 Å². The van der Waals surface area contributed by atoms with Gasteiger partial charge in [0.2, 0.25) is 5.91 Å². The van der Waals surface area contributed by atoms with Crippen molar-refractivity contribution >= 4 is 43.7 Å². The van der Waals surface area contributed by atoms with Gasteiger partial charge in [0, 0.05) is 42.5 Å². The normalized spacial score (nSPS) is 15.7. The molecule has 0 saturated heterocycles. The Bertz CT molecular complexity index is 1490. The van der Waals surface area contributed by atoms with Crippen LogP contribution in [0, 0.1) is 6.07 Å². The number of anilines is 1. The van der Waals surface area contributed by atoms with E-state index in [1.54, 1.807) is 11.1 Å². The average Bonchev–Trinajstić information content (AvgIpc) is 3.13. The molecule has 13 heteroatoms. The van der Waals surface area contributed by atoms with Crippen molar-refractivity contribution in [3.05, 3.63) is 84.6 Å². The van der Waals surface area contributed by atoms with Crippen LogP contribution >= 0.6 is 0 Å². The van der Waals surface area contributed by atoms with Gasteiger partial charge in [0.1, 0.15) is 12.2 Å². The zero-order chi connectivity index (χ0) is 30.5. The van der Waals surface area contributed by atoms with Crippen molar-refractivity contribution in [2.24, 2.45) is 0 Å². The van der Waals surface area contributed by atoms with Gasteiger partial charge in [-0.3, -0.25) is 9.69 Å². The maximum atomic E-state index is 12.2. The van der Waals surface area contributed by atoms with Crippen LogP contribution in [0.3, 0.4) is 0 Å². The van der Waals surface area contributed by atoms with Gasteiger partial charge in [-0.2, -0.15) is 18.2 Å². The molecule has 0 spiro atoms. The van der Waals surface area contributed by atoms with Crippen molar-refractivity contribution in [3.8, 4) is 0 Å². The Morgan fingerprint density at radius 2 is 1.70 bits per heavy atom. The molecule has 0 bridgehead atoms. The minimum atomic E-state index is -4.28. The summed E-state index contributed by atoms with van der Waals surface area (Å²) in [5, 5.41) is 0. The van der Waals surface area contributed by atoms with Gasteiger partial charge in [-0.1, -0.05) is 56.5 Å². The van der Waals surface area contributed by atoms with Crippen LogP contribution in [0.15, 0.2) is 73.0 Å². The Morgan fingerprint density at radius 1 is 1.05 bits per heavy atom. The van der Waals surface area contributed by atoms with E-state index in [4.69, 9.17) is 12.6 Å². The summed E-state index contributed by atoms with van der Waals surface area (Å²) in [7, 11) is -7.39. The SMILES string of the molecule is CCCCCC[N+]1=C(/C=C/C=C/N(C(C)=O)c2ccccc2)C(C)(CCCS(=O)(=O)[O-])c2c[c-]ccc21.O=S(=O)=O.[Na+].[Na+]. The van der Waals surface area contributed by atoms with Gasteiger partial charge in [0.05, 0.1) is 10.1 Å². The Balaban J connectivity index is 0.00000276. The predicted octanol–water partition coefficient (Wildman–Crippen LogP) is -1.12. The van der Waals surface area contributed by atoms with E-state index in [0.717, 1.165) is 48.5 Å². The summed E-state index contributed by atoms with van der Waals surface area (Å²) >= 11 is 0. The molecule has 1 aliphatic heterocycles. The summed E-state index contributed by atoms with van der Waals surface area (Å²) < 4.78 is 61.6. The smallest absolute Gasteiger partial charge is 0.748 e. The van der Waals surface area contributed by atoms with E-state index in [-0.39, 0.29) is 77.2 Å². The molecule has 1 heterocycles. The van der Waals surface area contributed by atoms with Crippen LogP contribution in [0.2, 0.25) is 0 Å². The molecule has 1 atom stereocenters. The number of fused-ring (bicyclic) bond motifs is 1. The summed E-state index contributed by atoms with van der Waals surface area (Å²) in [4.78, 5) is 13.8. The zero-order valence-electron chi connectivity index (χ0n) is 25.7. The van der Waals surface area contributed by atoms with E-state index >= 15 is 0 Å². The third-order valence-electron chi connectivity index (χ3n) is 6.86. The van der Waals surface area contributed by atoms with E-state index in [1.807, 2.05) is 60.7 Å². The number of unbranched alkanes of at least 4 members (excludes halogenated alkanes) is 3. The third-order valence-corrected chi connectivity index (χ3v) is 7.65. The first kappa shape index (κ1) is 41.6. The van der Waals surface area contributed by atoms with Gasteiger partial charge >= 0.3 is 69.7 Å². The number of benzene rings is 2. The Labute approximate surface area is 301 Å². The Hall–Kier alpha value is -1.41. The van der Waals surface area contributed by atoms with Gasteiger partial charge in [-0.25, -0.2) is 13.0 Å². The van der Waals surface area contributed by atoms with Gasteiger partial charge in [0.25, 0.3) is 0 Å². The molecule has 0 aliphatic carbocycles. The fourth-order valence-corrected chi connectivity index (χ4v) is 5.48. The number of hydrogen-bond acceptors (Lipinski definition) is 7. The molecular weight excluding hydrogens is 610 g/mol. The van der Waals surface area contributed by atoms with Crippen LogP contribution in [-0.4, -0.2) is 54.1 Å². The van der Waals surface area contributed by atoms with Crippen molar-refractivity contribution in [1.82, 2.24) is 0 Å². The second-order valence-corrected chi connectivity index (χ2v) is 11.8. The van der Waals surface area contributed by atoms with Crippen LogP contribution in [0.1, 0.15) is 64.9 Å². The molecular formula is C30H37N2Na2O7S2+. The van der Waals surface area contributed by atoms with E-state index < -0.39 is 26.1 Å². The molecule has 2 aromatic carbocycles.